The molecule has 2 rings (SSSR count). The van der Waals surface area contributed by atoms with Crippen molar-refractivity contribution in [2.24, 2.45) is 0 Å². The van der Waals surface area contributed by atoms with Crippen LogP contribution in [-0.4, -0.2) is 0 Å². The number of rotatable bonds is 2. The maximum atomic E-state index is 9.29. The van der Waals surface area contributed by atoms with Gasteiger partial charge in [0.1, 0.15) is 0 Å². The van der Waals surface area contributed by atoms with E-state index < -0.39 is 0 Å². The van der Waals surface area contributed by atoms with Crippen LogP contribution in [0.5, 0.6) is 0 Å². The van der Waals surface area contributed by atoms with Crippen molar-refractivity contribution in [3.05, 3.63) is 69.7 Å². The van der Waals surface area contributed by atoms with Crippen LogP contribution >= 0.6 is 11.6 Å². The van der Waals surface area contributed by atoms with E-state index in [0.29, 0.717) is 10.6 Å². The molecule has 0 unspecified atom stereocenters. The third-order valence-electron chi connectivity index (χ3n) is 3.10. The van der Waals surface area contributed by atoms with Crippen molar-refractivity contribution >= 4 is 23.3 Å². The van der Waals surface area contributed by atoms with E-state index in [0.717, 1.165) is 11.1 Å². The van der Waals surface area contributed by atoms with Gasteiger partial charge in [-0.15, -0.1) is 0 Å². The maximum absolute atomic E-state index is 9.29. The number of aryl methyl sites for hydroxylation is 2. The molecule has 0 saturated heterocycles. The van der Waals surface area contributed by atoms with Crippen LogP contribution in [0.15, 0.2) is 42.5 Å². The molecule has 94 valence electrons. The smallest absolute Gasteiger partial charge is 0.0998 e. The minimum Gasteiger partial charge on any atom is -0.192 e. The Morgan fingerprint density at radius 2 is 1.89 bits per heavy atom. The molecule has 0 atom stereocenters. The van der Waals surface area contributed by atoms with E-state index in [4.69, 9.17) is 11.6 Å². The van der Waals surface area contributed by atoms with Gasteiger partial charge in [-0.25, -0.2) is 0 Å². The molecule has 0 heterocycles. The number of nitriles is 1. The largest absolute Gasteiger partial charge is 0.192 e. The molecule has 2 heteroatoms. The summed E-state index contributed by atoms with van der Waals surface area (Å²) in [6, 6.07) is 15.7. The number of hydrogen-bond donors (Lipinski definition) is 0. The van der Waals surface area contributed by atoms with Crippen LogP contribution in [0.25, 0.3) is 11.6 Å². The molecular formula is C17H14ClN. The molecule has 0 aliphatic heterocycles. The van der Waals surface area contributed by atoms with E-state index >= 15 is 0 Å². The summed E-state index contributed by atoms with van der Waals surface area (Å²) in [7, 11) is 0. The standard InChI is InChI=1S/C17H14ClN/c1-12-6-7-14(8-13(12)2)9-16(11-19)15-4-3-5-17(18)10-15/h3-10H,1-2H3/b16-9-. The number of nitrogens with zero attached hydrogens (tertiary/aromatic N) is 1. The predicted octanol–water partition coefficient (Wildman–Crippen LogP) is 5.02. The zero-order chi connectivity index (χ0) is 13.8. The SMILES string of the molecule is Cc1ccc(/C=C(/C#N)c2cccc(Cl)c2)cc1C. The molecule has 0 aliphatic carbocycles. The second-order valence-corrected chi connectivity index (χ2v) is 4.96. The molecule has 0 saturated carbocycles. The Kier molecular flexibility index (Phi) is 4.04. The lowest BCUT2D eigenvalue weighted by Gasteiger charge is -2.03. The summed E-state index contributed by atoms with van der Waals surface area (Å²) in [6.45, 7) is 4.14. The topological polar surface area (TPSA) is 23.8 Å². The monoisotopic (exact) mass is 267 g/mol. The van der Waals surface area contributed by atoms with E-state index in [-0.39, 0.29) is 0 Å². The highest BCUT2D eigenvalue weighted by molar-refractivity contribution is 6.30. The fourth-order valence-electron chi connectivity index (χ4n) is 1.86. The molecule has 0 amide bonds. The van der Waals surface area contributed by atoms with Crippen LogP contribution < -0.4 is 0 Å². The number of hydrogen-bond acceptors (Lipinski definition) is 1. The molecule has 1 nitrogen and oxygen atoms in total. The number of benzene rings is 2. The highest BCUT2D eigenvalue weighted by Gasteiger charge is 2.02. The number of allylic oxidation sites excluding steroid dienone is 1. The second kappa shape index (κ2) is 5.73. The molecule has 0 fully saturated rings. The Morgan fingerprint density at radius 3 is 2.53 bits per heavy atom. The van der Waals surface area contributed by atoms with Crippen molar-refractivity contribution in [1.29, 1.82) is 5.26 Å². The van der Waals surface area contributed by atoms with Gasteiger partial charge in [0.05, 0.1) is 11.6 Å². The summed E-state index contributed by atoms with van der Waals surface area (Å²) in [5.41, 5.74) is 4.95. The normalized spacial score (nSPS) is 11.2. The fourth-order valence-corrected chi connectivity index (χ4v) is 2.05. The lowest BCUT2D eigenvalue weighted by molar-refractivity contribution is 1.33. The maximum Gasteiger partial charge on any atom is 0.0998 e. The third-order valence-corrected chi connectivity index (χ3v) is 3.33. The van der Waals surface area contributed by atoms with Gasteiger partial charge in [0.25, 0.3) is 0 Å². The first-order valence-electron chi connectivity index (χ1n) is 6.05. The Labute approximate surface area is 118 Å². The summed E-state index contributed by atoms with van der Waals surface area (Å²) < 4.78 is 0. The van der Waals surface area contributed by atoms with Gasteiger partial charge in [-0.1, -0.05) is 41.9 Å². The van der Waals surface area contributed by atoms with Gasteiger partial charge < -0.3 is 0 Å². The van der Waals surface area contributed by atoms with Crippen LogP contribution in [-0.2, 0) is 0 Å². The molecule has 2 aromatic carbocycles. The first-order valence-corrected chi connectivity index (χ1v) is 6.43. The highest BCUT2D eigenvalue weighted by Crippen LogP contribution is 2.21. The summed E-state index contributed by atoms with van der Waals surface area (Å²) in [4.78, 5) is 0. The predicted molar refractivity (Wildman–Crippen MR) is 80.9 cm³/mol. The van der Waals surface area contributed by atoms with Crippen molar-refractivity contribution in [2.75, 3.05) is 0 Å². The summed E-state index contributed by atoms with van der Waals surface area (Å²) in [6.07, 6.45) is 1.89. The second-order valence-electron chi connectivity index (χ2n) is 4.52. The molecule has 0 radical (unpaired) electrons. The fraction of sp³-hybridized carbons (Fsp3) is 0.118. The zero-order valence-electron chi connectivity index (χ0n) is 10.9. The third kappa shape index (κ3) is 3.24. The van der Waals surface area contributed by atoms with Gasteiger partial charge in [0.15, 0.2) is 0 Å². The molecule has 0 aromatic heterocycles. The van der Waals surface area contributed by atoms with Crippen molar-refractivity contribution < 1.29 is 0 Å². The van der Waals surface area contributed by atoms with E-state index in [1.807, 2.05) is 24.3 Å². The van der Waals surface area contributed by atoms with Crippen molar-refractivity contribution in [3.63, 3.8) is 0 Å². The minimum absolute atomic E-state index is 0.616. The number of halogens is 1. The van der Waals surface area contributed by atoms with Gasteiger partial charge in [-0.3, -0.25) is 0 Å². The Morgan fingerprint density at radius 1 is 1.11 bits per heavy atom. The van der Waals surface area contributed by atoms with Crippen LogP contribution in [0.4, 0.5) is 0 Å². The van der Waals surface area contributed by atoms with Gasteiger partial charge in [-0.05, 0) is 54.3 Å². The van der Waals surface area contributed by atoms with Crippen LogP contribution in [0.1, 0.15) is 22.3 Å². The molecule has 0 N–H and O–H groups in total. The first kappa shape index (κ1) is 13.4. The molecular weight excluding hydrogens is 254 g/mol. The zero-order valence-corrected chi connectivity index (χ0v) is 11.7. The molecule has 0 aliphatic rings. The Bertz CT molecular complexity index is 678. The average Bonchev–Trinajstić information content (AvgIpc) is 2.40. The van der Waals surface area contributed by atoms with E-state index in [1.54, 1.807) is 12.1 Å². The molecule has 0 spiro atoms. The van der Waals surface area contributed by atoms with Crippen molar-refractivity contribution in [3.8, 4) is 6.07 Å². The van der Waals surface area contributed by atoms with Crippen molar-refractivity contribution in [2.45, 2.75) is 13.8 Å². The highest BCUT2D eigenvalue weighted by atomic mass is 35.5. The summed E-state index contributed by atoms with van der Waals surface area (Å²) in [5, 5.41) is 9.93. The molecule has 19 heavy (non-hydrogen) atoms. The lowest BCUT2D eigenvalue weighted by Crippen LogP contribution is -1.85. The van der Waals surface area contributed by atoms with Crippen LogP contribution in [0.3, 0.4) is 0 Å². The van der Waals surface area contributed by atoms with Crippen molar-refractivity contribution in [1.82, 2.24) is 0 Å². The van der Waals surface area contributed by atoms with Crippen LogP contribution in [0, 0.1) is 25.2 Å². The Hall–Kier alpha value is -2.04. The first-order chi connectivity index (χ1) is 9.10. The van der Waals surface area contributed by atoms with Crippen LogP contribution in [0.2, 0.25) is 5.02 Å². The minimum atomic E-state index is 0.616. The quantitative estimate of drug-likeness (QED) is 0.553. The lowest BCUT2D eigenvalue weighted by atomic mass is 10.0. The van der Waals surface area contributed by atoms with E-state index in [1.165, 1.54) is 11.1 Å². The van der Waals surface area contributed by atoms with Gasteiger partial charge in [0.2, 0.25) is 0 Å². The Balaban J connectivity index is 2.44. The summed E-state index contributed by atoms with van der Waals surface area (Å²) >= 11 is 5.96. The summed E-state index contributed by atoms with van der Waals surface area (Å²) in [5.74, 6) is 0. The molecule has 2 aromatic rings. The van der Waals surface area contributed by atoms with Gasteiger partial charge in [0, 0.05) is 5.02 Å². The molecule has 0 bridgehead atoms. The average molecular weight is 268 g/mol. The van der Waals surface area contributed by atoms with E-state index in [9.17, 15) is 5.26 Å². The van der Waals surface area contributed by atoms with Gasteiger partial charge in [-0.2, -0.15) is 5.26 Å². The van der Waals surface area contributed by atoms with E-state index in [2.05, 4.69) is 32.0 Å². The van der Waals surface area contributed by atoms with Gasteiger partial charge >= 0.3 is 0 Å².